The molecule has 1 atom stereocenters. The summed E-state index contributed by atoms with van der Waals surface area (Å²) in [4.78, 5) is 26.1. The Morgan fingerprint density at radius 1 is 1.53 bits per heavy atom. The highest BCUT2D eigenvalue weighted by Crippen LogP contribution is 2.17. The van der Waals surface area contributed by atoms with Crippen LogP contribution in [-0.2, 0) is 0 Å². The fourth-order valence-electron chi connectivity index (χ4n) is 1.78. The predicted octanol–water partition coefficient (Wildman–Crippen LogP) is 0.857. The van der Waals surface area contributed by atoms with Crippen LogP contribution in [-0.4, -0.2) is 40.8 Å². The smallest absolute Gasteiger partial charge is 0.337 e. The van der Waals surface area contributed by atoms with E-state index in [9.17, 15) is 4.79 Å². The first-order valence-corrected chi connectivity index (χ1v) is 5.58. The minimum Gasteiger partial charge on any atom is -0.478 e. The van der Waals surface area contributed by atoms with Gasteiger partial charge in [0, 0.05) is 6.20 Å². The van der Waals surface area contributed by atoms with Crippen molar-refractivity contribution in [3.05, 3.63) is 36.3 Å². The Bertz CT molecular complexity index is 733. The molecule has 0 saturated heterocycles. The molecule has 0 aliphatic heterocycles. The number of fused-ring (bicyclic) bond motifs is 1. The van der Waals surface area contributed by atoms with Crippen molar-refractivity contribution in [2.24, 2.45) is 0 Å². The summed E-state index contributed by atoms with van der Waals surface area (Å²) in [6.07, 6.45) is 4.32. The average molecular weight is 258 g/mol. The molecule has 3 rings (SSSR count). The number of aromatic carboxylic acids is 1. The van der Waals surface area contributed by atoms with Crippen molar-refractivity contribution in [3.8, 4) is 0 Å². The van der Waals surface area contributed by atoms with Gasteiger partial charge < -0.3 is 10.1 Å². The zero-order valence-corrected chi connectivity index (χ0v) is 9.98. The normalized spacial score (nSPS) is 12.7. The third-order valence-electron chi connectivity index (χ3n) is 2.83. The van der Waals surface area contributed by atoms with Gasteiger partial charge in [-0.2, -0.15) is 5.10 Å². The van der Waals surface area contributed by atoms with Crippen LogP contribution in [0, 0.1) is 0 Å². The van der Waals surface area contributed by atoms with E-state index in [1.54, 1.807) is 11.0 Å². The maximum absolute atomic E-state index is 10.9. The lowest BCUT2D eigenvalue weighted by molar-refractivity contribution is 0.0696. The predicted molar refractivity (Wildman–Crippen MR) is 64.7 cm³/mol. The van der Waals surface area contributed by atoms with Crippen molar-refractivity contribution >= 4 is 17.1 Å². The van der Waals surface area contributed by atoms with Gasteiger partial charge in [-0.05, 0) is 13.0 Å². The summed E-state index contributed by atoms with van der Waals surface area (Å²) in [6, 6.07) is 1.37. The molecule has 0 saturated carbocycles. The Hall–Kier alpha value is -2.77. The van der Waals surface area contributed by atoms with E-state index in [0.717, 1.165) is 0 Å². The molecular weight excluding hydrogens is 248 g/mol. The standard InChI is InChI=1S/C11H10N6O2/c1-6(17-5-12-4-14-17)9-15-8-2-7(11(18)19)3-13-10(8)16-9/h2-6H,1H3,(H,18,19)(H,13,15,16). The summed E-state index contributed by atoms with van der Waals surface area (Å²) in [6.45, 7) is 1.91. The molecule has 0 amide bonds. The maximum Gasteiger partial charge on any atom is 0.337 e. The lowest BCUT2D eigenvalue weighted by atomic mass is 10.3. The molecule has 3 aromatic heterocycles. The fraction of sp³-hybridized carbons (Fsp3) is 0.182. The van der Waals surface area contributed by atoms with Crippen molar-refractivity contribution in [1.29, 1.82) is 0 Å². The average Bonchev–Trinajstić information content (AvgIpc) is 3.06. The van der Waals surface area contributed by atoms with E-state index in [1.807, 2.05) is 6.92 Å². The first kappa shape index (κ1) is 11.3. The number of H-pyrrole nitrogens is 1. The van der Waals surface area contributed by atoms with Gasteiger partial charge in [0.2, 0.25) is 0 Å². The number of carboxylic acid groups (broad SMARTS) is 1. The van der Waals surface area contributed by atoms with E-state index < -0.39 is 5.97 Å². The minimum absolute atomic E-state index is 0.121. The Balaban J connectivity index is 2.04. The number of aromatic nitrogens is 6. The van der Waals surface area contributed by atoms with Gasteiger partial charge in [-0.25, -0.2) is 24.4 Å². The summed E-state index contributed by atoms with van der Waals surface area (Å²) in [7, 11) is 0. The number of carbonyl (C=O) groups is 1. The number of nitrogens with zero attached hydrogens (tertiary/aromatic N) is 5. The summed E-state index contributed by atoms with van der Waals surface area (Å²) >= 11 is 0. The van der Waals surface area contributed by atoms with Gasteiger partial charge in [-0.1, -0.05) is 0 Å². The molecule has 2 N–H and O–H groups in total. The summed E-state index contributed by atoms with van der Waals surface area (Å²) in [5, 5.41) is 13.0. The minimum atomic E-state index is -1.02. The van der Waals surface area contributed by atoms with Crippen molar-refractivity contribution in [2.75, 3.05) is 0 Å². The van der Waals surface area contributed by atoms with Crippen LogP contribution in [0.4, 0.5) is 0 Å². The topological polar surface area (TPSA) is 110 Å². The molecule has 19 heavy (non-hydrogen) atoms. The molecule has 0 aliphatic carbocycles. The number of imidazole rings is 1. The van der Waals surface area contributed by atoms with Gasteiger partial charge >= 0.3 is 5.97 Å². The van der Waals surface area contributed by atoms with Crippen LogP contribution in [0.2, 0.25) is 0 Å². The van der Waals surface area contributed by atoms with E-state index in [1.165, 1.54) is 18.6 Å². The van der Waals surface area contributed by atoms with Crippen LogP contribution in [0.25, 0.3) is 11.2 Å². The molecule has 0 aliphatic rings. The van der Waals surface area contributed by atoms with E-state index in [4.69, 9.17) is 5.11 Å². The van der Waals surface area contributed by atoms with Crippen LogP contribution in [0.1, 0.15) is 29.1 Å². The van der Waals surface area contributed by atoms with Crippen molar-refractivity contribution in [1.82, 2.24) is 29.7 Å². The van der Waals surface area contributed by atoms with Gasteiger partial charge in [-0.3, -0.25) is 0 Å². The number of hydrogen-bond acceptors (Lipinski definition) is 5. The second-order valence-electron chi connectivity index (χ2n) is 4.07. The third kappa shape index (κ3) is 1.92. The first-order chi connectivity index (χ1) is 9.15. The van der Waals surface area contributed by atoms with E-state index in [0.29, 0.717) is 17.0 Å². The quantitative estimate of drug-likeness (QED) is 0.720. The van der Waals surface area contributed by atoms with Crippen LogP contribution in [0.3, 0.4) is 0 Å². The number of carboxylic acids is 1. The van der Waals surface area contributed by atoms with Gasteiger partial charge in [0.05, 0.1) is 11.1 Å². The largest absolute Gasteiger partial charge is 0.478 e. The van der Waals surface area contributed by atoms with E-state index in [2.05, 4.69) is 25.0 Å². The number of pyridine rings is 1. The first-order valence-electron chi connectivity index (χ1n) is 5.58. The highest BCUT2D eigenvalue weighted by Gasteiger charge is 2.15. The molecule has 0 radical (unpaired) electrons. The molecule has 0 aromatic carbocycles. The summed E-state index contributed by atoms with van der Waals surface area (Å²) in [5.74, 6) is -0.370. The molecule has 0 spiro atoms. The molecule has 0 bridgehead atoms. The molecule has 3 heterocycles. The SMILES string of the molecule is CC(c1nc2ncc(C(=O)O)cc2[nH]1)n1cncn1. The van der Waals surface area contributed by atoms with Crippen LogP contribution < -0.4 is 0 Å². The summed E-state index contributed by atoms with van der Waals surface area (Å²) in [5.41, 5.74) is 1.19. The maximum atomic E-state index is 10.9. The Morgan fingerprint density at radius 3 is 3.05 bits per heavy atom. The van der Waals surface area contributed by atoms with Crippen LogP contribution >= 0.6 is 0 Å². The lowest BCUT2D eigenvalue weighted by Crippen LogP contribution is -2.08. The monoisotopic (exact) mass is 258 g/mol. The summed E-state index contributed by atoms with van der Waals surface area (Å²) < 4.78 is 1.65. The van der Waals surface area contributed by atoms with Crippen molar-refractivity contribution in [2.45, 2.75) is 13.0 Å². The van der Waals surface area contributed by atoms with Crippen LogP contribution in [0.5, 0.6) is 0 Å². The molecule has 0 fully saturated rings. The molecule has 8 nitrogen and oxygen atoms in total. The highest BCUT2D eigenvalue weighted by atomic mass is 16.4. The molecule has 96 valence electrons. The third-order valence-corrected chi connectivity index (χ3v) is 2.83. The number of rotatable bonds is 3. The second kappa shape index (κ2) is 4.16. The zero-order chi connectivity index (χ0) is 13.4. The Morgan fingerprint density at radius 2 is 2.37 bits per heavy atom. The Kier molecular flexibility index (Phi) is 2.48. The number of nitrogens with one attached hydrogen (secondary N) is 1. The Labute approximate surface area is 107 Å². The zero-order valence-electron chi connectivity index (χ0n) is 9.98. The molecule has 8 heteroatoms. The highest BCUT2D eigenvalue weighted by molar-refractivity contribution is 5.90. The van der Waals surface area contributed by atoms with Crippen molar-refractivity contribution in [3.63, 3.8) is 0 Å². The molecule has 3 aromatic rings. The van der Waals surface area contributed by atoms with Gasteiger partial charge in [0.1, 0.15) is 24.5 Å². The van der Waals surface area contributed by atoms with Crippen molar-refractivity contribution < 1.29 is 9.90 Å². The van der Waals surface area contributed by atoms with Gasteiger partial charge in [-0.15, -0.1) is 0 Å². The second-order valence-corrected chi connectivity index (χ2v) is 4.07. The van der Waals surface area contributed by atoms with E-state index >= 15 is 0 Å². The van der Waals surface area contributed by atoms with Crippen LogP contribution in [0.15, 0.2) is 24.9 Å². The lowest BCUT2D eigenvalue weighted by Gasteiger charge is -2.06. The number of aromatic amines is 1. The number of hydrogen-bond donors (Lipinski definition) is 2. The van der Waals surface area contributed by atoms with Gasteiger partial charge in [0.15, 0.2) is 5.65 Å². The molecular formula is C11H10N6O2. The van der Waals surface area contributed by atoms with E-state index in [-0.39, 0.29) is 11.6 Å². The fourth-order valence-corrected chi connectivity index (χ4v) is 1.78. The molecule has 1 unspecified atom stereocenters. The van der Waals surface area contributed by atoms with Gasteiger partial charge in [0.25, 0.3) is 0 Å².